The van der Waals surface area contributed by atoms with Gasteiger partial charge in [0.05, 0.1) is 12.0 Å². The number of esters is 1. The first-order valence-electron chi connectivity index (χ1n) is 7.75. The van der Waals surface area contributed by atoms with Gasteiger partial charge in [-0.25, -0.2) is 19.0 Å². The van der Waals surface area contributed by atoms with E-state index in [0.29, 0.717) is 10.1 Å². The van der Waals surface area contributed by atoms with E-state index in [-0.39, 0.29) is 21.7 Å². The van der Waals surface area contributed by atoms with E-state index in [1.54, 1.807) is 13.8 Å². The first kappa shape index (κ1) is 19.4. The highest BCUT2D eigenvalue weighted by Crippen LogP contribution is 2.29. The number of hydrogen-bond donors (Lipinski definition) is 1. The van der Waals surface area contributed by atoms with E-state index in [1.165, 1.54) is 25.3 Å². The number of aryl methyl sites for hydroxylation is 1. The van der Waals surface area contributed by atoms with Crippen LogP contribution in [0.5, 0.6) is 0 Å². The van der Waals surface area contributed by atoms with Gasteiger partial charge in [0.15, 0.2) is 0 Å². The molecule has 2 aromatic rings. The van der Waals surface area contributed by atoms with Crippen LogP contribution in [0.4, 0.5) is 0 Å². The minimum Gasteiger partial charge on any atom is -0.480 e. The fourth-order valence-corrected chi connectivity index (χ4v) is 3.62. The molecule has 0 spiro atoms. The molecular weight excluding hydrogens is 360 g/mol. The molecule has 2 aromatic heterocycles. The number of carbonyl (C=O) groups excluding carboxylic acids is 1. The maximum Gasteiger partial charge on any atom is 0.348 e. The summed E-state index contributed by atoms with van der Waals surface area (Å²) in [5, 5.41) is 9.35. The number of carbonyl (C=O) groups is 2. The molecule has 0 fully saturated rings. The summed E-state index contributed by atoms with van der Waals surface area (Å²) in [7, 11) is 0. The molecule has 0 amide bonds. The predicted octanol–water partition coefficient (Wildman–Crippen LogP) is 2.01. The van der Waals surface area contributed by atoms with E-state index < -0.39 is 29.2 Å². The van der Waals surface area contributed by atoms with Gasteiger partial charge in [-0.1, -0.05) is 12.7 Å². The Hall–Kier alpha value is -2.94. The summed E-state index contributed by atoms with van der Waals surface area (Å²) in [6.07, 6.45) is 4.27. The number of rotatable bonds is 6. The zero-order valence-electron chi connectivity index (χ0n) is 14.5. The Balaban J connectivity index is 3.00. The molecule has 8 nitrogen and oxygen atoms in total. The number of carboxylic acid groups (broad SMARTS) is 1. The van der Waals surface area contributed by atoms with Crippen molar-refractivity contribution in [1.82, 2.24) is 9.13 Å². The zero-order valence-corrected chi connectivity index (χ0v) is 15.3. The number of allylic oxidation sites excluding steroid dienone is 2. The Morgan fingerprint density at radius 3 is 2.58 bits per heavy atom. The fraction of sp³-hybridized carbons (Fsp3) is 0.294. The molecule has 1 atom stereocenters. The van der Waals surface area contributed by atoms with Gasteiger partial charge >= 0.3 is 17.6 Å². The van der Waals surface area contributed by atoms with Crippen molar-refractivity contribution in [3.05, 3.63) is 50.0 Å². The Labute approximate surface area is 152 Å². The lowest BCUT2D eigenvalue weighted by Crippen LogP contribution is -2.42. The molecule has 26 heavy (non-hydrogen) atoms. The fourth-order valence-electron chi connectivity index (χ4n) is 2.45. The van der Waals surface area contributed by atoms with Gasteiger partial charge < -0.3 is 9.84 Å². The normalized spacial score (nSPS) is 12.4. The third-order valence-corrected chi connectivity index (χ3v) is 5.04. The molecule has 0 aliphatic rings. The summed E-state index contributed by atoms with van der Waals surface area (Å²) in [4.78, 5) is 49.5. The average molecular weight is 378 g/mol. The van der Waals surface area contributed by atoms with E-state index in [1.807, 2.05) is 0 Å². The number of aromatic nitrogens is 2. The lowest BCUT2D eigenvalue weighted by Gasteiger charge is -2.12. The molecule has 0 saturated heterocycles. The van der Waals surface area contributed by atoms with Crippen molar-refractivity contribution in [2.24, 2.45) is 0 Å². The highest BCUT2D eigenvalue weighted by Gasteiger charge is 2.26. The van der Waals surface area contributed by atoms with Gasteiger partial charge in [0, 0.05) is 6.20 Å². The molecule has 0 aromatic carbocycles. The lowest BCUT2D eigenvalue weighted by molar-refractivity contribution is -0.140. The van der Waals surface area contributed by atoms with Crippen LogP contribution in [-0.4, -0.2) is 32.8 Å². The number of fused-ring (bicyclic) bond motifs is 1. The number of thiophene rings is 1. The minimum atomic E-state index is -1.37. The summed E-state index contributed by atoms with van der Waals surface area (Å²) >= 11 is 0.948. The van der Waals surface area contributed by atoms with E-state index in [2.05, 4.69) is 6.58 Å². The van der Waals surface area contributed by atoms with Crippen LogP contribution in [0.3, 0.4) is 0 Å². The largest absolute Gasteiger partial charge is 0.480 e. The molecule has 1 N–H and O–H groups in total. The predicted molar refractivity (Wildman–Crippen MR) is 98.9 cm³/mol. The van der Waals surface area contributed by atoms with Crippen LogP contribution in [0.2, 0.25) is 0 Å². The summed E-state index contributed by atoms with van der Waals surface area (Å²) < 4.78 is 6.79. The van der Waals surface area contributed by atoms with Crippen molar-refractivity contribution in [1.29, 1.82) is 0 Å². The molecule has 9 heteroatoms. The van der Waals surface area contributed by atoms with Crippen molar-refractivity contribution in [2.75, 3.05) is 6.61 Å². The summed E-state index contributed by atoms with van der Waals surface area (Å²) in [6, 6.07) is -1.37. The standard InChI is InChI=1S/C17H18N2O6S/c1-5-7-8-18-14-11(9(3)12(26-14)16(23)25-6-2)13(20)19(17(18)24)10(4)15(21)22/h5,7-8,10H,1,6H2,2-4H3,(H,21,22)/b8-7-. The number of hydrogen-bond acceptors (Lipinski definition) is 6. The minimum absolute atomic E-state index is 0.111. The Morgan fingerprint density at radius 1 is 1.38 bits per heavy atom. The third-order valence-electron chi connectivity index (χ3n) is 3.77. The molecule has 0 aliphatic heterocycles. The van der Waals surface area contributed by atoms with Crippen LogP contribution in [0.15, 0.2) is 28.3 Å². The monoisotopic (exact) mass is 378 g/mol. The second-order valence-corrected chi connectivity index (χ2v) is 6.38. The first-order valence-corrected chi connectivity index (χ1v) is 8.57. The molecule has 138 valence electrons. The topological polar surface area (TPSA) is 108 Å². The van der Waals surface area contributed by atoms with E-state index >= 15 is 0 Å². The first-order chi connectivity index (χ1) is 12.3. The maximum atomic E-state index is 12.8. The van der Waals surface area contributed by atoms with Crippen molar-refractivity contribution < 1.29 is 19.4 Å². The molecule has 0 radical (unpaired) electrons. The van der Waals surface area contributed by atoms with Crippen LogP contribution < -0.4 is 11.2 Å². The highest BCUT2D eigenvalue weighted by atomic mass is 32.1. The molecule has 0 saturated carbocycles. The van der Waals surface area contributed by atoms with E-state index in [4.69, 9.17) is 4.74 Å². The molecule has 1 unspecified atom stereocenters. The highest BCUT2D eigenvalue weighted by molar-refractivity contribution is 7.20. The molecule has 0 bridgehead atoms. The summed E-state index contributed by atoms with van der Waals surface area (Å²) in [6.45, 7) is 8.16. The van der Waals surface area contributed by atoms with Crippen molar-refractivity contribution in [3.8, 4) is 0 Å². The number of aliphatic carboxylic acids is 1. The molecule has 2 rings (SSSR count). The summed E-state index contributed by atoms with van der Waals surface area (Å²) in [5.41, 5.74) is -1.22. The average Bonchev–Trinajstić information content (AvgIpc) is 2.92. The van der Waals surface area contributed by atoms with Gasteiger partial charge in [0.1, 0.15) is 15.7 Å². The van der Waals surface area contributed by atoms with Crippen LogP contribution in [0, 0.1) is 6.92 Å². The SMILES string of the molecule is C=C/C=C\n1c(=O)n(C(C)C(=O)O)c(=O)c2c(C)c(C(=O)OCC)sc21. The quantitative estimate of drug-likeness (QED) is 0.609. The molecule has 0 aliphatic carbocycles. The van der Waals surface area contributed by atoms with Gasteiger partial charge in [-0.05, 0) is 32.4 Å². The Morgan fingerprint density at radius 2 is 2.04 bits per heavy atom. The van der Waals surface area contributed by atoms with E-state index in [9.17, 15) is 24.3 Å². The smallest absolute Gasteiger partial charge is 0.348 e. The van der Waals surface area contributed by atoms with Gasteiger partial charge in [-0.2, -0.15) is 0 Å². The second kappa shape index (κ2) is 7.52. The molecule has 2 heterocycles. The lowest BCUT2D eigenvalue weighted by atomic mass is 10.2. The Bertz CT molecular complexity index is 1040. The van der Waals surface area contributed by atoms with Gasteiger partial charge in [-0.15, -0.1) is 11.3 Å². The third kappa shape index (κ3) is 3.13. The van der Waals surface area contributed by atoms with Crippen LogP contribution in [0.1, 0.15) is 35.1 Å². The van der Waals surface area contributed by atoms with Gasteiger partial charge in [0.2, 0.25) is 0 Å². The number of nitrogens with zero attached hydrogens (tertiary/aromatic N) is 2. The summed E-state index contributed by atoms with van der Waals surface area (Å²) in [5.74, 6) is -1.92. The number of ether oxygens (including phenoxy) is 1. The van der Waals surface area contributed by atoms with Crippen molar-refractivity contribution in [2.45, 2.75) is 26.8 Å². The van der Waals surface area contributed by atoms with Crippen LogP contribution in [0.25, 0.3) is 16.4 Å². The van der Waals surface area contributed by atoms with Gasteiger partial charge in [0.25, 0.3) is 5.56 Å². The van der Waals surface area contributed by atoms with Gasteiger partial charge in [-0.3, -0.25) is 9.36 Å². The Kier molecular flexibility index (Phi) is 5.61. The molecular formula is C17H18N2O6S. The number of carboxylic acids is 1. The van der Waals surface area contributed by atoms with Crippen LogP contribution in [-0.2, 0) is 9.53 Å². The van der Waals surface area contributed by atoms with Crippen molar-refractivity contribution in [3.63, 3.8) is 0 Å². The zero-order chi connectivity index (χ0) is 19.6. The second-order valence-electron chi connectivity index (χ2n) is 5.38. The van der Waals surface area contributed by atoms with Crippen molar-refractivity contribution >= 4 is 39.7 Å². The van der Waals surface area contributed by atoms with Crippen LogP contribution >= 0.6 is 11.3 Å². The van der Waals surface area contributed by atoms with E-state index in [0.717, 1.165) is 15.9 Å². The maximum absolute atomic E-state index is 12.8.